The highest BCUT2D eigenvalue weighted by molar-refractivity contribution is 7.89. The lowest BCUT2D eigenvalue weighted by atomic mass is 9.67. The van der Waals surface area contributed by atoms with Crippen LogP contribution in [0.25, 0.3) is 0 Å². The second-order valence-electron chi connectivity index (χ2n) is 7.22. The molecule has 146 valence electrons. The van der Waals surface area contributed by atoms with Crippen molar-refractivity contribution in [2.75, 3.05) is 39.0 Å². The Morgan fingerprint density at radius 3 is 2.60 bits per heavy atom. The van der Waals surface area contributed by atoms with E-state index in [-0.39, 0.29) is 11.9 Å². The molecule has 1 aliphatic heterocycles. The summed E-state index contributed by atoms with van der Waals surface area (Å²) in [6.45, 7) is 4.56. The lowest BCUT2D eigenvalue weighted by molar-refractivity contribution is 0.0200. The number of hydrogen-bond acceptors (Lipinski definition) is 4. The molecule has 0 aromatic heterocycles. The highest BCUT2D eigenvalue weighted by atomic mass is 32.2. The predicted molar refractivity (Wildman–Crippen MR) is 101 cm³/mol. The first-order chi connectivity index (χ1) is 12.0. The van der Waals surface area contributed by atoms with Crippen LogP contribution in [0.2, 0.25) is 0 Å². The van der Waals surface area contributed by atoms with Gasteiger partial charge in [0.25, 0.3) is 0 Å². The number of guanidine groups is 1. The molecule has 0 aromatic rings. The maximum absolute atomic E-state index is 12.1. The molecule has 1 atom stereocenters. The Morgan fingerprint density at radius 1 is 1.24 bits per heavy atom. The second-order valence-corrected chi connectivity index (χ2v) is 9.14. The zero-order chi connectivity index (χ0) is 18.2. The number of rotatable bonds is 9. The van der Waals surface area contributed by atoms with Crippen molar-refractivity contribution in [3.8, 4) is 0 Å². The average Bonchev–Trinajstić information content (AvgIpc) is 2.59. The van der Waals surface area contributed by atoms with E-state index in [1.54, 1.807) is 7.05 Å². The van der Waals surface area contributed by atoms with Crippen molar-refractivity contribution in [1.29, 1.82) is 0 Å². The van der Waals surface area contributed by atoms with Crippen molar-refractivity contribution in [2.24, 2.45) is 10.4 Å². The minimum atomic E-state index is -3.30. The molecule has 1 heterocycles. The monoisotopic (exact) mass is 374 g/mol. The van der Waals surface area contributed by atoms with Crippen LogP contribution < -0.4 is 15.4 Å². The van der Waals surface area contributed by atoms with Crippen LogP contribution in [0, 0.1) is 5.41 Å². The molecule has 0 spiro atoms. The summed E-state index contributed by atoms with van der Waals surface area (Å²) in [6, 6.07) is 0. The Kier molecular flexibility index (Phi) is 7.96. The van der Waals surface area contributed by atoms with Gasteiger partial charge in [-0.1, -0.05) is 13.3 Å². The Balaban J connectivity index is 1.64. The normalized spacial score (nSPS) is 23.8. The lowest BCUT2D eigenvalue weighted by Crippen LogP contribution is -2.47. The summed E-state index contributed by atoms with van der Waals surface area (Å²) in [6.07, 6.45) is 8.10. The fraction of sp³-hybridized carbons (Fsp3) is 0.941. The first kappa shape index (κ1) is 20.5. The predicted octanol–water partition coefficient (Wildman–Crippen LogP) is 1.22. The Labute approximate surface area is 152 Å². The van der Waals surface area contributed by atoms with Crippen molar-refractivity contribution in [3.05, 3.63) is 0 Å². The van der Waals surface area contributed by atoms with Gasteiger partial charge in [0.05, 0.1) is 11.9 Å². The van der Waals surface area contributed by atoms with Gasteiger partial charge in [-0.05, 0) is 43.9 Å². The molecule has 1 unspecified atom stereocenters. The quantitative estimate of drug-likeness (QED) is 0.417. The van der Waals surface area contributed by atoms with E-state index in [0.29, 0.717) is 24.5 Å². The molecule has 1 saturated carbocycles. The summed E-state index contributed by atoms with van der Waals surface area (Å²) in [4.78, 5) is 4.18. The standard InChI is InChI=1S/C17H34N4O3S/c1-3-17(8-6-9-17)14-20-16(18-2)19-10-12-25(22,23)21-13-15-7-4-5-11-24-15/h15,21H,3-14H2,1-2H3,(H2,18,19,20). The smallest absolute Gasteiger partial charge is 0.213 e. The van der Waals surface area contributed by atoms with Gasteiger partial charge in [0.2, 0.25) is 10.0 Å². The van der Waals surface area contributed by atoms with E-state index < -0.39 is 10.0 Å². The van der Waals surface area contributed by atoms with Gasteiger partial charge in [-0.15, -0.1) is 0 Å². The summed E-state index contributed by atoms with van der Waals surface area (Å²) < 4.78 is 32.4. The van der Waals surface area contributed by atoms with E-state index in [1.165, 1.54) is 25.7 Å². The number of sulfonamides is 1. The van der Waals surface area contributed by atoms with Crippen LogP contribution in [0.1, 0.15) is 51.9 Å². The van der Waals surface area contributed by atoms with Gasteiger partial charge in [0.1, 0.15) is 0 Å². The van der Waals surface area contributed by atoms with Crippen molar-refractivity contribution in [3.63, 3.8) is 0 Å². The molecule has 1 saturated heterocycles. The van der Waals surface area contributed by atoms with Crippen molar-refractivity contribution >= 4 is 16.0 Å². The van der Waals surface area contributed by atoms with Crippen LogP contribution in [0.15, 0.2) is 4.99 Å². The van der Waals surface area contributed by atoms with E-state index in [1.807, 2.05) is 0 Å². The number of ether oxygens (including phenoxy) is 1. The van der Waals surface area contributed by atoms with Crippen LogP contribution in [-0.4, -0.2) is 59.5 Å². The summed E-state index contributed by atoms with van der Waals surface area (Å²) in [7, 11) is -1.59. The van der Waals surface area contributed by atoms with Crippen molar-refractivity contribution < 1.29 is 13.2 Å². The molecule has 2 fully saturated rings. The van der Waals surface area contributed by atoms with Crippen molar-refractivity contribution in [1.82, 2.24) is 15.4 Å². The van der Waals surface area contributed by atoms with Gasteiger partial charge in [0.15, 0.2) is 5.96 Å². The molecular weight excluding hydrogens is 340 g/mol. The minimum Gasteiger partial charge on any atom is -0.377 e. The van der Waals surface area contributed by atoms with E-state index >= 15 is 0 Å². The van der Waals surface area contributed by atoms with E-state index in [4.69, 9.17) is 4.74 Å². The molecule has 3 N–H and O–H groups in total. The lowest BCUT2D eigenvalue weighted by Gasteiger charge is -2.41. The molecule has 2 aliphatic rings. The zero-order valence-electron chi connectivity index (χ0n) is 15.6. The van der Waals surface area contributed by atoms with Crippen LogP contribution in [0.3, 0.4) is 0 Å². The third kappa shape index (κ3) is 6.75. The van der Waals surface area contributed by atoms with Crippen molar-refractivity contribution in [2.45, 2.75) is 58.0 Å². The molecule has 25 heavy (non-hydrogen) atoms. The zero-order valence-corrected chi connectivity index (χ0v) is 16.5. The Morgan fingerprint density at radius 2 is 2.04 bits per heavy atom. The molecule has 1 aliphatic carbocycles. The van der Waals surface area contributed by atoms with Gasteiger partial charge in [0, 0.05) is 33.3 Å². The minimum absolute atomic E-state index is 0.0126. The average molecular weight is 375 g/mol. The van der Waals surface area contributed by atoms with Crippen LogP contribution in [0.4, 0.5) is 0 Å². The molecule has 0 radical (unpaired) electrons. The fourth-order valence-electron chi connectivity index (χ4n) is 3.39. The van der Waals surface area contributed by atoms with Crippen LogP contribution in [-0.2, 0) is 14.8 Å². The number of hydrogen-bond donors (Lipinski definition) is 3. The highest BCUT2D eigenvalue weighted by Gasteiger charge is 2.34. The van der Waals surface area contributed by atoms with E-state index in [0.717, 1.165) is 32.4 Å². The maximum atomic E-state index is 12.1. The van der Waals surface area contributed by atoms with Crippen LogP contribution in [0.5, 0.6) is 0 Å². The summed E-state index contributed by atoms with van der Waals surface area (Å²) in [5.74, 6) is 0.699. The van der Waals surface area contributed by atoms with E-state index in [9.17, 15) is 8.42 Å². The molecule has 0 aromatic carbocycles. The largest absolute Gasteiger partial charge is 0.377 e. The molecule has 0 bridgehead atoms. The molecule has 2 rings (SSSR count). The summed E-state index contributed by atoms with van der Waals surface area (Å²) in [5, 5.41) is 6.43. The number of nitrogens with one attached hydrogen (secondary N) is 3. The van der Waals surface area contributed by atoms with Gasteiger partial charge in [-0.25, -0.2) is 13.1 Å². The summed E-state index contributed by atoms with van der Waals surface area (Å²) >= 11 is 0. The third-order valence-corrected chi connectivity index (χ3v) is 6.83. The first-order valence-corrected chi connectivity index (χ1v) is 11.2. The number of aliphatic imine (C=N–C) groups is 1. The second kappa shape index (κ2) is 9.73. The third-order valence-electron chi connectivity index (χ3n) is 5.49. The van der Waals surface area contributed by atoms with Crippen LogP contribution >= 0.6 is 0 Å². The molecule has 8 heteroatoms. The highest BCUT2D eigenvalue weighted by Crippen LogP contribution is 2.42. The van der Waals surface area contributed by atoms with Gasteiger partial charge >= 0.3 is 0 Å². The Bertz CT molecular complexity index is 521. The molecule has 0 amide bonds. The number of nitrogens with zero attached hydrogens (tertiary/aromatic N) is 1. The van der Waals surface area contributed by atoms with Gasteiger partial charge in [-0.3, -0.25) is 4.99 Å². The first-order valence-electron chi connectivity index (χ1n) is 9.52. The topological polar surface area (TPSA) is 91.8 Å². The van der Waals surface area contributed by atoms with Gasteiger partial charge < -0.3 is 15.4 Å². The summed E-state index contributed by atoms with van der Waals surface area (Å²) in [5.41, 5.74) is 0.394. The molecule has 7 nitrogen and oxygen atoms in total. The van der Waals surface area contributed by atoms with Gasteiger partial charge in [-0.2, -0.15) is 0 Å². The SMILES string of the molecule is CCC1(CNC(=NC)NCCS(=O)(=O)NCC2CCCCO2)CCC1. The fourth-order valence-corrected chi connectivity index (χ4v) is 4.34. The Hall–Kier alpha value is -0.860. The van der Waals surface area contributed by atoms with E-state index in [2.05, 4.69) is 27.3 Å². The molecular formula is C17H34N4O3S. The maximum Gasteiger partial charge on any atom is 0.213 e.